The first kappa shape index (κ1) is 14.0. The Morgan fingerprint density at radius 1 is 1.16 bits per heavy atom. The Kier molecular flexibility index (Phi) is 4.53. The van der Waals surface area contributed by atoms with E-state index in [0.29, 0.717) is 0 Å². The summed E-state index contributed by atoms with van der Waals surface area (Å²) in [7, 11) is 0. The molecular weight excluding hydrogens is 254 g/mol. The first-order valence-electron chi connectivity index (χ1n) is 6.81. The highest BCUT2D eigenvalue weighted by Gasteiger charge is 2.12. The fourth-order valence-electron chi connectivity index (χ4n) is 2.03. The van der Waals surface area contributed by atoms with E-state index in [1.165, 1.54) is 11.1 Å². The van der Waals surface area contributed by atoms with Crippen LogP contribution in [-0.4, -0.2) is 16.5 Å². The molecule has 0 saturated heterocycles. The van der Waals surface area contributed by atoms with Crippen LogP contribution in [0, 0.1) is 13.8 Å². The van der Waals surface area contributed by atoms with E-state index in [4.69, 9.17) is 9.97 Å². The van der Waals surface area contributed by atoms with Gasteiger partial charge in [0, 0.05) is 28.7 Å². The molecule has 0 aliphatic rings. The molecule has 0 radical (unpaired) electrons. The third kappa shape index (κ3) is 2.95. The quantitative estimate of drug-likeness (QED) is 0.888. The van der Waals surface area contributed by atoms with Gasteiger partial charge in [0.25, 0.3) is 0 Å². The maximum atomic E-state index is 4.72. The van der Waals surface area contributed by atoms with Crippen LogP contribution in [0.15, 0.2) is 10.8 Å². The number of anilines is 1. The predicted octanol–water partition coefficient (Wildman–Crippen LogP) is 4.21. The third-order valence-electron chi connectivity index (χ3n) is 3.22. The molecule has 0 fully saturated rings. The van der Waals surface area contributed by atoms with Crippen LogP contribution in [0.4, 0.5) is 5.82 Å². The molecule has 0 atom stereocenters. The molecule has 4 heteroatoms. The summed E-state index contributed by atoms with van der Waals surface area (Å²) in [6.07, 6.45) is 2.03. The summed E-state index contributed by atoms with van der Waals surface area (Å²) in [5.41, 5.74) is 4.71. The molecule has 3 nitrogen and oxygen atoms in total. The summed E-state index contributed by atoms with van der Waals surface area (Å²) in [5, 5.41) is 7.68. The highest BCUT2D eigenvalue weighted by atomic mass is 32.1. The fourth-order valence-corrected chi connectivity index (χ4v) is 2.86. The number of thiophene rings is 1. The lowest BCUT2D eigenvalue weighted by molar-refractivity contribution is 0.936. The lowest BCUT2D eigenvalue weighted by Gasteiger charge is -2.13. The number of nitrogens with zero attached hydrogens (tertiary/aromatic N) is 2. The number of aryl methyl sites for hydroxylation is 2. The normalized spacial score (nSPS) is 10.7. The second kappa shape index (κ2) is 6.15. The molecule has 1 N–H and O–H groups in total. The van der Waals surface area contributed by atoms with Crippen LogP contribution in [0.1, 0.15) is 37.1 Å². The van der Waals surface area contributed by atoms with E-state index in [1.54, 1.807) is 11.3 Å². The Morgan fingerprint density at radius 2 is 1.95 bits per heavy atom. The molecule has 2 aromatic rings. The van der Waals surface area contributed by atoms with Gasteiger partial charge in [-0.25, -0.2) is 9.97 Å². The van der Waals surface area contributed by atoms with E-state index in [2.05, 4.69) is 43.8 Å². The Bertz CT molecular complexity index is 561. The Labute approximate surface area is 119 Å². The van der Waals surface area contributed by atoms with Crippen molar-refractivity contribution in [1.82, 2.24) is 9.97 Å². The minimum atomic E-state index is 0.847. The van der Waals surface area contributed by atoms with Gasteiger partial charge < -0.3 is 5.32 Å². The molecule has 0 spiro atoms. The first-order valence-corrected chi connectivity index (χ1v) is 7.76. The van der Waals surface area contributed by atoms with Gasteiger partial charge in [-0.05, 0) is 37.6 Å². The number of hydrogen-bond acceptors (Lipinski definition) is 4. The fraction of sp³-hybridized carbons (Fsp3) is 0.467. The highest BCUT2D eigenvalue weighted by Crippen LogP contribution is 2.27. The molecule has 2 heterocycles. The van der Waals surface area contributed by atoms with Gasteiger partial charge >= 0.3 is 0 Å². The molecule has 0 saturated carbocycles. The van der Waals surface area contributed by atoms with Crippen molar-refractivity contribution in [2.24, 2.45) is 0 Å². The molecule has 0 aromatic carbocycles. The average molecular weight is 275 g/mol. The molecule has 19 heavy (non-hydrogen) atoms. The van der Waals surface area contributed by atoms with Gasteiger partial charge in [0.05, 0.1) is 0 Å². The molecule has 0 amide bonds. The molecule has 0 bridgehead atoms. The number of nitrogens with one attached hydrogen (secondary N) is 1. The standard InChI is InChI=1S/C15H21N3S/c1-5-7-16-14-11(4)13(6-2)17-15(18-14)12-9-19-8-10(12)3/h8-9H,5-7H2,1-4H3,(H,16,17,18). The van der Waals surface area contributed by atoms with Gasteiger partial charge in [0.1, 0.15) is 5.82 Å². The minimum absolute atomic E-state index is 0.847. The molecule has 2 rings (SSSR count). The van der Waals surface area contributed by atoms with Crippen LogP contribution in [0.3, 0.4) is 0 Å². The summed E-state index contributed by atoms with van der Waals surface area (Å²) < 4.78 is 0. The predicted molar refractivity (Wildman–Crippen MR) is 83.0 cm³/mol. The summed E-state index contributed by atoms with van der Waals surface area (Å²) in [4.78, 5) is 9.42. The van der Waals surface area contributed by atoms with Crippen molar-refractivity contribution in [2.45, 2.75) is 40.5 Å². The molecule has 2 aromatic heterocycles. The van der Waals surface area contributed by atoms with Crippen molar-refractivity contribution in [3.8, 4) is 11.4 Å². The van der Waals surface area contributed by atoms with Crippen LogP contribution >= 0.6 is 11.3 Å². The van der Waals surface area contributed by atoms with E-state index in [0.717, 1.165) is 42.3 Å². The first-order chi connectivity index (χ1) is 9.17. The second-order valence-corrected chi connectivity index (χ2v) is 5.46. The Hall–Kier alpha value is -1.42. The van der Waals surface area contributed by atoms with Crippen molar-refractivity contribution >= 4 is 17.2 Å². The van der Waals surface area contributed by atoms with Gasteiger partial charge in [0.15, 0.2) is 5.82 Å². The van der Waals surface area contributed by atoms with E-state index >= 15 is 0 Å². The minimum Gasteiger partial charge on any atom is -0.370 e. The SMILES string of the molecule is CCCNc1nc(-c2cscc2C)nc(CC)c1C. The van der Waals surface area contributed by atoms with Crippen molar-refractivity contribution in [2.75, 3.05) is 11.9 Å². The van der Waals surface area contributed by atoms with E-state index in [1.807, 2.05) is 0 Å². The molecular formula is C15H21N3S. The molecule has 0 aliphatic heterocycles. The zero-order chi connectivity index (χ0) is 13.8. The van der Waals surface area contributed by atoms with E-state index in [9.17, 15) is 0 Å². The smallest absolute Gasteiger partial charge is 0.162 e. The third-order valence-corrected chi connectivity index (χ3v) is 4.08. The monoisotopic (exact) mass is 275 g/mol. The van der Waals surface area contributed by atoms with Crippen LogP contribution < -0.4 is 5.32 Å². The van der Waals surface area contributed by atoms with Crippen LogP contribution in [-0.2, 0) is 6.42 Å². The average Bonchev–Trinajstić information content (AvgIpc) is 2.84. The van der Waals surface area contributed by atoms with Crippen molar-refractivity contribution < 1.29 is 0 Å². The number of aromatic nitrogens is 2. The van der Waals surface area contributed by atoms with E-state index in [-0.39, 0.29) is 0 Å². The largest absolute Gasteiger partial charge is 0.370 e. The van der Waals surface area contributed by atoms with Crippen LogP contribution in [0.5, 0.6) is 0 Å². The van der Waals surface area contributed by atoms with Gasteiger partial charge in [-0.2, -0.15) is 11.3 Å². The Morgan fingerprint density at radius 3 is 2.53 bits per heavy atom. The van der Waals surface area contributed by atoms with Crippen molar-refractivity contribution in [3.05, 3.63) is 27.6 Å². The summed E-state index contributed by atoms with van der Waals surface area (Å²) >= 11 is 1.70. The van der Waals surface area contributed by atoms with Crippen LogP contribution in [0.2, 0.25) is 0 Å². The summed E-state index contributed by atoms with van der Waals surface area (Å²) in [5.74, 6) is 1.83. The lowest BCUT2D eigenvalue weighted by atomic mass is 10.1. The zero-order valence-electron chi connectivity index (χ0n) is 12.1. The number of rotatable bonds is 5. The second-order valence-electron chi connectivity index (χ2n) is 4.72. The van der Waals surface area contributed by atoms with Gasteiger partial charge in [-0.1, -0.05) is 13.8 Å². The summed E-state index contributed by atoms with van der Waals surface area (Å²) in [6.45, 7) is 9.46. The molecule has 0 unspecified atom stereocenters. The van der Waals surface area contributed by atoms with E-state index < -0.39 is 0 Å². The zero-order valence-corrected chi connectivity index (χ0v) is 12.9. The van der Waals surface area contributed by atoms with Crippen molar-refractivity contribution in [1.29, 1.82) is 0 Å². The van der Waals surface area contributed by atoms with Gasteiger partial charge in [0.2, 0.25) is 0 Å². The van der Waals surface area contributed by atoms with Gasteiger partial charge in [-0.3, -0.25) is 0 Å². The maximum absolute atomic E-state index is 4.72. The highest BCUT2D eigenvalue weighted by molar-refractivity contribution is 7.08. The van der Waals surface area contributed by atoms with Crippen LogP contribution in [0.25, 0.3) is 11.4 Å². The maximum Gasteiger partial charge on any atom is 0.162 e. The molecule has 102 valence electrons. The molecule has 0 aliphatic carbocycles. The topological polar surface area (TPSA) is 37.8 Å². The lowest BCUT2D eigenvalue weighted by Crippen LogP contribution is -2.08. The van der Waals surface area contributed by atoms with Crippen molar-refractivity contribution in [3.63, 3.8) is 0 Å². The Balaban J connectivity index is 2.47. The van der Waals surface area contributed by atoms with Gasteiger partial charge in [-0.15, -0.1) is 0 Å². The summed E-state index contributed by atoms with van der Waals surface area (Å²) in [6, 6.07) is 0. The number of hydrogen-bond donors (Lipinski definition) is 1.